The van der Waals surface area contributed by atoms with E-state index in [1.807, 2.05) is 32.9 Å². The summed E-state index contributed by atoms with van der Waals surface area (Å²) in [6.45, 7) is 6.59. The molecule has 0 aliphatic rings. The summed E-state index contributed by atoms with van der Waals surface area (Å²) in [6.07, 6.45) is 0. The number of hydrogen-bond acceptors (Lipinski definition) is 2. The molecular formula is C12H14NO. The molecule has 1 rings (SSSR count). The van der Waals surface area contributed by atoms with Crippen LogP contribution in [0.3, 0.4) is 0 Å². The van der Waals surface area contributed by atoms with E-state index in [4.69, 9.17) is 10.00 Å². The Kier molecular flexibility index (Phi) is 3.53. The van der Waals surface area contributed by atoms with Crippen LogP contribution >= 0.6 is 0 Å². The first-order chi connectivity index (χ1) is 6.67. The third kappa shape index (κ3) is 2.50. The first-order valence-electron chi connectivity index (χ1n) is 4.66. The number of benzene rings is 1. The van der Waals surface area contributed by atoms with Gasteiger partial charge in [0.05, 0.1) is 18.2 Å². The molecule has 14 heavy (non-hydrogen) atoms. The molecule has 0 spiro atoms. The average molecular weight is 188 g/mol. The van der Waals surface area contributed by atoms with Gasteiger partial charge in [-0.15, -0.1) is 0 Å². The van der Waals surface area contributed by atoms with E-state index in [1.54, 1.807) is 6.07 Å². The molecule has 0 fully saturated rings. The Bertz CT molecular complexity index is 350. The molecule has 1 radical (unpaired) electrons. The molecule has 1 aromatic rings. The Morgan fingerprint density at radius 3 is 2.57 bits per heavy atom. The van der Waals surface area contributed by atoms with Crippen molar-refractivity contribution >= 4 is 0 Å². The topological polar surface area (TPSA) is 33.0 Å². The SMILES string of the molecule is CCOc1cc(C#N)cc([C](C)C)c1. The van der Waals surface area contributed by atoms with Gasteiger partial charge in [0.1, 0.15) is 5.75 Å². The van der Waals surface area contributed by atoms with E-state index < -0.39 is 0 Å². The standard InChI is InChI=1S/C12H14NO/c1-4-14-12-6-10(8-13)5-11(7-12)9(2)3/h5-7H,4H2,1-3H3. The molecule has 73 valence electrons. The fraction of sp³-hybridized carbons (Fsp3) is 0.333. The van der Waals surface area contributed by atoms with E-state index in [0.717, 1.165) is 11.3 Å². The molecule has 0 N–H and O–H groups in total. The predicted molar refractivity (Wildman–Crippen MR) is 56.0 cm³/mol. The van der Waals surface area contributed by atoms with E-state index in [0.29, 0.717) is 12.2 Å². The van der Waals surface area contributed by atoms with Crippen LogP contribution in [0.1, 0.15) is 31.9 Å². The zero-order valence-corrected chi connectivity index (χ0v) is 8.79. The van der Waals surface area contributed by atoms with E-state index in [9.17, 15) is 0 Å². The smallest absolute Gasteiger partial charge is 0.120 e. The highest BCUT2D eigenvalue weighted by Crippen LogP contribution is 2.22. The monoisotopic (exact) mass is 188 g/mol. The van der Waals surface area contributed by atoms with Gasteiger partial charge in [0.25, 0.3) is 0 Å². The van der Waals surface area contributed by atoms with Crippen LogP contribution in [0.2, 0.25) is 0 Å². The maximum Gasteiger partial charge on any atom is 0.120 e. The highest BCUT2D eigenvalue weighted by atomic mass is 16.5. The third-order valence-corrected chi connectivity index (χ3v) is 1.92. The minimum Gasteiger partial charge on any atom is -0.494 e. The number of ether oxygens (including phenoxy) is 1. The van der Waals surface area contributed by atoms with Gasteiger partial charge in [0, 0.05) is 0 Å². The molecule has 0 atom stereocenters. The normalized spacial score (nSPS) is 9.93. The Hall–Kier alpha value is -1.49. The van der Waals surface area contributed by atoms with Crippen molar-refractivity contribution in [1.29, 1.82) is 5.26 Å². The summed E-state index contributed by atoms with van der Waals surface area (Å²) in [5.41, 5.74) is 1.71. The molecule has 0 saturated heterocycles. The van der Waals surface area contributed by atoms with E-state index in [2.05, 4.69) is 6.07 Å². The molecule has 0 aliphatic heterocycles. The Labute approximate surface area is 85.1 Å². The molecule has 0 amide bonds. The second-order valence-electron chi connectivity index (χ2n) is 3.29. The van der Waals surface area contributed by atoms with Crippen LogP contribution in [-0.2, 0) is 0 Å². The lowest BCUT2D eigenvalue weighted by Crippen LogP contribution is -1.95. The van der Waals surface area contributed by atoms with Crippen LogP contribution in [0.25, 0.3) is 0 Å². The van der Waals surface area contributed by atoms with Gasteiger partial charge in [-0.25, -0.2) is 0 Å². The molecule has 0 heterocycles. The lowest BCUT2D eigenvalue weighted by molar-refractivity contribution is 0.340. The first kappa shape index (κ1) is 10.6. The van der Waals surface area contributed by atoms with Crippen molar-refractivity contribution in [2.75, 3.05) is 6.61 Å². The van der Waals surface area contributed by atoms with Gasteiger partial charge in [-0.3, -0.25) is 0 Å². The van der Waals surface area contributed by atoms with Gasteiger partial charge < -0.3 is 4.74 Å². The van der Waals surface area contributed by atoms with Crippen LogP contribution in [0.15, 0.2) is 18.2 Å². The Morgan fingerprint density at radius 2 is 2.07 bits per heavy atom. The maximum absolute atomic E-state index is 8.82. The quantitative estimate of drug-likeness (QED) is 0.730. The molecular weight excluding hydrogens is 174 g/mol. The summed E-state index contributed by atoms with van der Waals surface area (Å²) in [4.78, 5) is 0. The average Bonchev–Trinajstić information content (AvgIpc) is 2.17. The van der Waals surface area contributed by atoms with Gasteiger partial charge in [-0.1, -0.05) is 13.8 Å². The van der Waals surface area contributed by atoms with Gasteiger partial charge in [0.2, 0.25) is 0 Å². The van der Waals surface area contributed by atoms with Crippen LogP contribution < -0.4 is 4.74 Å². The lowest BCUT2D eigenvalue weighted by atomic mass is 10.0. The number of nitriles is 1. The summed E-state index contributed by atoms with van der Waals surface area (Å²) in [6, 6.07) is 7.72. The number of hydrogen-bond donors (Lipinski definition) is 0. The predicted octanol–water partition coefficient (Wildman–Crippen LogP) is 2.92. The van der Waals surface area contributed by atoms with Crippen LogP contribution in [-0.4, -0.2) is 6.61 Å². The molecule has 0 saturated carbocycles. The van der Waals surface area contributed by atoms with Crippen LogP contribution in [0, 0.1) is 17.2 Å². The maximum atomic E-state index is 8.82. The molecule has 1 aromatic carbocycles. The van der Waals surface area contributed by atoms with E-state index in [1.165, 1.54) is 5.92 Å². The summed E-state index contributed by atoms with van der Waals surface area (Å²) in [5, 5.41) is 8.82. The van der Waals surface area contributed by atoms with Crippen molar-refractivity contribution in [2.45, 2.75) is 20.8 Å². The fourth-order valence-electron chi connectivity index (χ4n) is 1.20. The molecule has 0 bridgehead atoms. The number of nitrogens with zero attached hydrogens (tertiary/aromatic N) is 1. The largest absolute Gasteiger partial charge is 0.494 e. The van der Waals surface area contributed by atoms with Crippen molar-refractivity contribution in [2.24, 2.45) is 0 Å². The summed E-state index contributed by atoms with van der Waals surface area (Å²) in [7, 11) is 0. The van der Waals surface area contributed by atoms with Crippen molar-refractivity contribution in [3.05, 3.63) is 35.2 Å². The van der Waals surface area contributed by atoms with Crippen molar-refractivity contribution < 1.29 is 4.74 Å². The molecule has 2 nitrogen and oxygen atoms in total. The molecule has 2 heteroatoms. The van der Waals surface area contributed by atoms with Gasteiger partial charge in [0.15, 0.2) is 0 Å². The highest BCUT2D eigenvalue weighted by molar-refractivity contribution is 5.44. The van der Waals surface area contributed by atoms with Gasteiger partial charge in [-0.05, 0) is 36.6 Å². The molecule has 0 aliphatic carbocycles. The first-order valence-corrected chi connectivity index (χ1v) is 4.66. The fourth-order valence-corrected chi connectivity index (χ4v) is 1.20. The minimum absolute atomic E-state index is 0.622. The zero-order chi connectivity index (χ0) is 10.6. The van der Waals surface area contributed by atoms with Gasteiger partial charge in [-0.2, -0.15) is 5.26 Å². The second-order valence-corrected chi connectivity index (χ2v) is 3.29. The van der Waals surface area contributed by atoms with Crippen molar-refractivity contribution in [1.82, 2.24) is 0 Å². The zero-order valence-electron chi connectivity index (χ0n) is 8.79. The van der Waals surface area contributed by atoms with Crippen molar-refractivity contribution in [3.8, 4) is 11.8 Å². The van der Waals surface area contributed by atoms with E-state index >= 15 is 0 Å². The van der Waals surface area contributed by atoms with Crippen LogP contribution in [0.5, 0.6) is 5.75 Å². The highest BCUT2D eigenvalue weighted by Gasteiger charge is 2.04. The molecule has 0 unspecified atom stereocenters. The second kappa shape index (κ2) is 4.66. The summed E-state index contributed by atoms with van der Waals surface area (Å²) < 4.78 is 5.37. The third-order valence-electron chi connectivity index (χ3n) is 1.92. The Balaban J connectivity index is 3.08. The van der Waals surface area contributed by atoms with E-state index in [-0.39, 0.29) is 0 Å². The molecule has 0 aromatic heterocycles. The Morgan fingerprint density at radius 1 is 1.36 bits per heavy atom. The number of rotatable bonds is 3. The lowest BCUT2D eigenvalue weighted by Gasteiger charge is -2.09. The summed E-state index contributed by atoms with van der Waals surface area (Å²) >= 11 is 0. The van der Waals surface area contributed by atoms with Gasteiger partial charge >= 0.3 is 0 Å². The van der Waals surface area contributed by atoms with Crippen molar-refractivity contribution in [3.63, 3.8) is 0 Å². The minimum atomic E-state index is 0.622. The van der Waals surface area contributed by atoms with Crippen LogP contribution in [0.4, 0.5) is 0 Å². The summed E-state index contributed by atoms with van der Waals surface area (Å²) in [5.74, 6) is 1.95.